The maximum atomic E-state index is 12.2. The van der Waals surface area contributed by atoms with Crippen LogP contribution in [0.3, 0.4) is 0 Å². The maximum Gasteiger partial charge on any atom is 0.279 e. The van der Waals surface area contributed by atoms with Gasteiger partial charge in [-0.15, -0.1) is 11.3 Å². The van der Waals surface area contributed by atoms with Gasteiger partial charge in [0.15, 0.2) is 0 Å². The van der Waals surface area contributed by atoms with Crippen molar-refractivity contribution in [2.75, 3.05) is 0 Å². The highest BCUT2D eigenvalue weighted by atomic mass is 32.1. The third kappa shape index (κ3) is 2.99. The van der Waals surface area contributed by atoms with Crippen molar-refractivity contribution >= 4 is 22.9 Å². The van der Waals surface area contributed by atoms with E-state index in [2.05, 4.69) is 17.4 Å². The van der Waals surface area contributed by atoms with Gasteiger partial charge in [-0.3, -0.25) is 15.6 Å². The molecule has 0 unspecified atom stereocenters. The van der Waals surface area contributed by atoms with Crippen LogP contribution in [0, 0.1) is 0 Å². The van der Waals surface area contributed by atoms with Crippen molar-refractivity contribution in [2.45, 2.75) is 25.7 Å². The zero-order valence-corrected chi connectivity index (χ0v) is 13.0. The first kappa shape index (κ1) is 14.7. The van der Waals surface area contributed by atoms with Crippen LogP contribution in [0.1, 0.15) is 38.5 Å². The molecule has 0 bridgehead atoms. The summed E-state index contributed by atoms with van der Waals surface area (Å²) in [5.74, 6) is -0.0446. The number of hydrogen-bond donors (Lipinski definition) is 3. The summed E-state index contributed by atoms with van der Waals surface area (Å²) in [6.07, 6.45) is 4.55. The Morgan fingerprint density at radius 1 is 1.18 bits per heavy atom. The van der Waals surface area contributed by atoms with Gasteiger partial charge < -0.3 is 5.11 Å². The lowest BCUT2D eigenvalue weighted by Gasteiger charge is -2.11. The van der Waals surface area contributed by atoms with Gasteiger partial charge in [-0.1, -0.05) is 18.7 Å². The number of nitrogens with one attached hydrogen (secondary N) is 2. The number of aromatic hydroxyl groups is 1. The fourth-order valence-electron chi connectivity index (χ4n) is 2.59. The van der Waals surface area contributed by atoms with Gasteiger partial charge in [-0.25, -0.2) is 0 Å². The minimum atomic E-state index is -0.170. The normalized spacial score (nSPS) is 13.3. The summed E-state index contributed by atoms with van der Waals surface area (Å²) in [6.45, 7) is 3.83. The van der Waals surface area contributed by atoms with Gasteiger partial charge >= 0.3 is 0 Å². The summed E-state index contributed by atoms with van der Waals surface area (Å²) in [4.78, 5) is 14.3. The van der Waals surface area contributed by atoms with Crippen molar-refractivity contribution < 1.29 is 9.90 Å². The molecule has 1 aliphatic carbocycles. The van der Waals surface area contributed by atoms with Crippen molar-refractivity contribution in [3.05, 3.63) is 57.8 Å². The van der Waals surface area contributed by atoms with Gasteiger partial charge in [0.2, 0.25) is 0 Å². The highest BCUT2D eigenvalue weighted by Gasteiger charge is 2.17. The van der Waals surface area contributed by atoms with E-state index < -0.39 is 0 Å². The zero-order valence-electron chi connectivity index (χ0n) is 12.2. The molecule has 0 fully saturated rings. The Balaban J connectivity index is 1.64. The number of fused-ring (bicyclic) bond motifs is 1. The van der Waals surface area contributed by atoms with Crippen LogP contribution in [-0.2, 0) is 12.8 Å². The number of aryl methyl sites for hydroxylation is 2. The van der Waals surface area contributed by atoms with Gasteiger partial charge in [-0.2, -0.15) is 0 Å². The molecule has 22 heavy (non-hydrogen) atoms. The molecular formula is C17H18N2O2S. The second kappa shape index (κ2) is 6.23. The molecule has 0 saturated heterocycles. The SMILES string of the molecule is C=C(NNC(=O)c1cc2c(s1)CCCC2)c1ccccc1O. The third-order valence-corrected chi connectivity index (χ3v) is 5.01. The van der Waals surface area contributed by atoms with Gasteiger partial charge in [0.25, 0.3) is 5.91 Å². The summed E-state index contributed by atoms with van der Waals surface area (Å²) < 4.78 is 0. The van der Waals surface area contributed by atoms with Crippen LogP contribution < -0.4 is 10.9 Å². The number of hydrogen-bond acceptors (Lipinski definition) is 4. The average molecular weight is 314 g/mol. The van der Waals surface area contributed by atoms with Crippen molar-refractivity contribution in [3.8, 4) is 5.75 Å². The Morgan fingerprint density at radius 2 is 1.95 bits per heavy atom. The predicted octanol–water partition coefficient (Wildman–Crippen LogP) is 3.24. The average Bonchev–Trinajstić information content (AvgIpc) is 2.97. The van der Waals surface area contributed by atoms with Gasteiger partial charge in [0.05, 0.1) is 10.6 Å². The van der Waals surface area contributed by atoms with Crippen LogP contribution in [0.2, 0.25) is 0 Å². The minimum Gasteiger partial charge on any atom is -0.507 e. The van der Waals surface area contributed by atoms with Crippen molar-refractivity contribution in [1.29, 1.82) is 0 Å². The number of carbonyl (C=O) groups is 1. The number of rotatable bonds is 4. The van der Waals surface area contributed by atoms with Crippen LogP contribution in [0.5, 0.6) is 5.75 Å². The molecule has 0 saturated carbocycles. The molecule has 0 atom stereocenters. The fourth-order valence-corrected chi connectivity index (χ4v) is 3.74. The van der Waals surface area contributed by atoms with E-state index in [1.807, 2.05) is 6.07 Å². The molecular weight excluding hydrogens is 296 g/mol. The lowest BCUT2D eigenvalue weighted by molar-refractivity contribution is 0.0946. The van der Waals surface area contributed by atoms with E-state index in [1.165, 1.54) is 23.3 Å². The monoisotopic (exact) mass is 314 g/mol. The summed E-state index contributed by atoms with van der Waals surface area (Å²) in [5, 5.41) is 9.76. The Hall–Kier alpha value is -2.27. The molecule has 1 aromatic carbocycles. The molecule has 3 N–H and O–H groups in total. The number of amides is 1. The second-order valence-corrected chi connectivity index (χ2v) is 6.48. The predicted molar refractivity (Wildman–Crippen MR) is 88.7 cm³/mol. The van der Waals surface area contributed by atoms with Gasteiger partial charge in [0.1, 0.15) is 5.75 Å². The van der Waals surface area contributed by atoms with Crippen molar-refractivity contribution in [3.63, 3.8) is 0 Å². The van der Waals surface area contributed by atoms with E-state index in [9.17, 15) is 9.90 Å². The van der Waals surface area contributed by atoms with Crippen LogP contribution in [-0.4, -0.2) is 11.0 Å². The minimum absolute atomic E-state index is 0.126. The van der Waals surface area contributed by atoms with E-state index in [0.29, 0.717) is 16.1 Å². The van der Waals surface area contributed by atoms with E-state index in [-0.39, 0.29) is 11.7 Å². The topological polar surface area (TPSA) is 61.4 Å². The smallest absolute Gasteiger partial charge is 0.279 e. The molecule has 1 aromatic heterocycles. The Bertz CT molecular complexity index is 698. The number of carbonyl (C=O) groups excluding carboxylic acids is 1. The first-order valence-corrected chi connectivity index (χ1v) is 8.12. The number of para-hydroxylation sites is 1. The van der Waals surface area contributed by atoms with E-state index in [4.69, 9.17) is 0 Å². The van der Waals surface area contributed by atoms with Crippen LogP contribution in [0.15, 0.2) is 36.9 Å². The van der Waals surface area contributed by atoms with E-state index in [0.717, 1.165) is 12.8 Å². The van der Waals surface area contributed by atoms with Crippen molar-refractivity contribution in [1.82, 2.24) is 10.9 Å². The standard InChI is InChI=1S/C17H18N2O2S/c1-11(13-7-3-4-8-14(13)20)18-19-17(21)16-10-12-6-2-5-9-15(12)22-16/h3-4,7-8,10,18,20H,1-2,5-6,9H2,(H,19,21). The Labute approximate surface area is 133 Å². The lowest BCUT2D eigenvalue weighted by atomic mass is 9.99. The van der Waals surface area contributed by atoms with E-state index >= 15 is 0 Å². The maximum absolute atomic E-state index is 12.2. The number of thiophene rings is 1. The third-order valence-electron chi connectivity index (χ3n) is 3.78. The van der Waals surface area contributed by atoms with Crippen LogP contribution in [0.4, 0.5) is 0 Å². The molecule has 114 valence electrons. The number of phenols is 1. The number of phenolic OH excluding ortho intramolecular Hbond substituents is 1. The van der Waals surface area contributed by atoms with E-state index in [1.54, 1.807) is 35.6 Å². The first-order chi connectivity index (χ1) is 10.6. The van der Waals surface area contributed by atoms with Crippen LogP contribution >= 0.6 is 11.3 Å². The Morgan fingerprint density at radius 3 is 2.73 bits per heavy atom. The number of hydrazine groups is 1. The molecule has 3 rings (SSSR count). The van der Waals surface area contributed by atoms with Gasteiger partial charge in [0, 0.05) is 10.4 Å². The molecule has 0 aliphatic heterocycles. The quantitative estimate of drug-likeness (QED) is 0.759. The summed E-state index contributed by atoms with van der Waals surface area (Å²) >= 11 is 1.56. The van der Waals surface area contributed by atoms with Crippen LogP contribution in [0.25, 0.3) is 5.70 Å². The molecule has 0 spiro atoms. The largest absolute Gasteiger partial charge is 0.507 e. The second-order valence-electron chi connectivity index (χ2n) is 5.34. The highest BCUT2D eigenvalue weighted by Crippen LogP contribution is 2.29. The molecule has 1 heterocycles. The zero-order chi connectivity index (χ0) is 15.5. The molecule has 4 nitrogen and oxygen atoms in total. The Kier molecular flexibility index (Phi) is 4.15. The molecule has 0 radical (unpaired) electrons. The molecule has 1 amide bonds. The highest BCUT2D eigenvalue weighted by molar-refractivity contribution is 7.14. The summed E-state index contributed by atoms with van der Waals surface area (Å²) in [6, 6.07) is 8.84. The summed E-state index contributed by atoms with van der Waals surface area (Å²) in [5.41, 5.74) is 7.74. The molecule has 5 heteroatoms. The van der Waals surface area contributed by atoms with Crippen molar-refractivity contribution in [2.24, 2.45) is 0 Å². The molecule has 2 aromatic rings. The summed E-state index contributed by atoms with van der Waals surface area (Å²) in [7, 11) is 0. The fraction of sp³-hybridized carbons (Fsp3) is 0.235. The van der Waals surface area contributed by atoms with Gasteiger partial charge in [-0.05, 0) is 49.4 Å². The first-order valence-electron chi connectivity index (χ1n) is 7.30. The number of benzene rings is 1. The molecule has 1 aliphatic rings. The lowest BCUT2D eigenvalue weighted by Crippen LogP contribution is -2.35.